The topological polar surface area (TPSA) is 122 Å². The standard InChI is InChI=1S/C16H26N4O4S2/c1-16(2)12-20(10-11-25(16,21)22)15(18-3)19-9-8-13-4-6-14(7-5-13)26(17,23)24/h4-7H,8-12H2,1-3H3,(H,18,19)(H2,17,23,24). The van der Waals surface area contributed by atoms with Gasteiger partial charge in [-0.15, -0.1) is 0 Å². The Kier molecular flexibility index (Phi) is 5.99. The second-order valence-electron chi connectivity index (χ2n) is 6.91. The highest BCUT2D eigenvalue weighted by molar-refractivity contribution is 7.92. The molecule has 1 aromatic rings. The zero-order valence-corrected chi connectivity index (χ0v) is 16.9. The molecule has 0 aromatic heterocycles. The lowest BCUT2D eigenvalue weighted by Crippen LogP contribution is -2.57. The number of nitrogens with one attached hydrogen (secondary N) is 1. The van der Waals surface area contributed by atoms with Crippen LogP contribution in [0.3, 0.4) is 0 Å². The van der Waals surface area contributed by atoms with E-state index in [9.17, 15) is 16.8 Å². The minimum atomic E-state index is -3.68. The van der Waals surface area contributed by atoms with Gasteiger partial charge in [0, 0.05) is 26.7 Å². The maximum absolute atomic E-state index is 12.1. The van der Waals surface area contributed by atoms with Crippen molar-refractivity contribution >= 4 is 25.8 Å². The average Bonchev–Trinajstić information content (AvgIpc) is 2.54. The van der Waals surface area contributed by atoms with Crippen LogP contribution in [0.1, 0.15) is 19.4 Å². The molecule has 0 unspecified atom stereocenters. The largest absolute Gasteiger partial charge is 0.356 e. The van der Waals surface area contributed by atoms with Gasteiger partial charge in [0.05, 0.1) is 15.4 Å². The molecule has 0 aliphatic carbocycles. The Balaban J connectivity index is 1.94. The molecule has 146 valence electrons. The van der Waals surface area contributed by atoms with Crippen LogP contribution in [0.25, 0.3) is 0 Å². The lowest BCUT2D eigenvalue weighted by atomic mass is 10.1. The first kappa shape index (κ1) is 20.7. The summed E-state index contributed by atoms with van der Waals surface area (Å²) in [5, 5.41) is 8.32. The molecule has 26 heavy (non-hydrogen) atoms. The molecule has 0 atom stereocenters. The van der Waals surface area contributed by atoms with Gasteiger partial charge in [0.1, 0.15) is 0 Å². The number of sulfonamides is 1. The Bertz CT molecular complexity index is 875. The summed E-state index contributed by atoms with van der Waals surface area (Å²) in [7, 11) is -5.12. The van der Waals surface area contributed by atoms with Crippen molar-refractivity contribution in [2.75, 3.05) is 32.4 Å². The van der Waals surface area contributed by atoms with Gasteiger partial charge in [-0.1, -0.05) is 12.1 Å². The number of nitrogens with two attached hydrogens (primary N) is 1. The van der Waals surface area contributed by atoms with E-state index in [2.05, 4.69) is 10.3 Å². The number of hydrogen-bond acceptors (Lipinski definition) is 5. The zero-order valence-electron chi connectivity index (χ0n) is 15.3. The van der Waals surface area contributed by atoms with Gasteiger partial charge >= 0.3 is 0 Å². The summed E-state index contributed by atoms with van der Waals surface area (Å²) in [5.41, 5.74) is 0.960. The summed E-state index contributed by atoms with van der Waals surface area (Å²) in [6.07, 6.45) is 0.666. The summed E-state index contributed by atoms with van der Waals surface area (Å²) >= 11 is 0. The monoisotopic (exact) mass is 402 g/mol. The van der Waals surface area contributed by atoms with Gasteiger partial charge in [0.15, 0.2) is 15.8 Å². The highest BCUT2D eigenvalue weighted by Crippen LogP contribution is 2.23. The van der Waals surface area contributed by atoms with Gasteiger partial charge in [0.25, 0.3) is 0 Å². The van der Waals surface area contributed by atoms with Crippen LogP contribution in [0.15, 0.2) is 34.2 Å². The molecule has 8 nitrogen and oxygen atoms in total. The van der Waals surface area contributed by atoms with Crippen molar-refractivity contribution in [3.63, 3.8) is 0 Å². The molecular formula is C16H26N4O4S2. The fourth-order valence-corrected chi connectivity index (χ4v) is 4.70. The first-order valence-corrected chi connectivity index (χ1v) is 11.5. The Morgan fingerprint density at radius 2 is 1.92 bits per heavy atom. The van der Waals surface area contributed by atoms with E-state index in [0.717, 1.165) is 5.56 Å². The molecule has 1 heterocycles. The van der Waals surface area contributed by atoms with Gasteiger partial charge in [0.2, 0.25) is 10.0 Å². The van der Waals surface area contributed by atoms with Gasteiger partial charge in [-0.3, -0.25) is 4.99 Å². The van der Waals surface area contributed by atoms with E-state index in [4.69, 9.17) is 5.14 Å². The number of rotatable bonds is 4. The molecule has 0 amide bonds. The number of guanidine groups is 1. The van der Waals surface area contributed by atoms with Gasteiger partial charge in [-0.25, -0.2) is 22.0 Å². The minimum absolute atomic E-state index is 0.0850. The second kappa shape index (κ2) is 7.53. The number of nitrogens with zero attached hydrogens (tertiary/aromatic N) is 2. The maximum atomic E-state index is 12.1. The molecule has 1 aliphatic rings. The summed E-state index contributed by atoms with van der Waals surface area (Å²) in [5.74, 6) is 0.768. The lowest BCUT2D eigenvalue weighted by molar-refractivity contribution is 0.353. The predicted molar refractivity (Wildman–Crippen MR) is 102 cm³/mol. The molecule has 1 fully saturated rings. The van der Waals surface area contributed by atoms with Gasteiger partial charge in [-0.2, -0.15) is 0 Å². The fourth-order valence-electron chi connectivity index (χ4n) is 2.82. The van der Waals surface area contributed by atoms with Crippen LogP contribution >= 0.6 is 0 Å². The van der Waals surface area contributed by atoms with E-state index in [1.165, 1.54) is 12.1 Å². The van der Waals surface area contributed by atoms with E-state index < -0.39 is 24.6 Å². The van der Waals surface area contributed by atoms with Crippen molar-refractivity contribution in [2.45, 2.75) is 29.9 Å². The molecule has 10 heteroatoms. The summed E-state index contributed by atoms with van der Waals surface area (Å²) < 4.78 is 45.9. The molecule has 3 N–H and O–H groups in total. The molecule has 0 spiro atoms. The summed E-state index contributed by atoms with van der Waals surface area (Å²) in [6, 6.07) is 6.41. The van der Waals surface area contributed by atoms with Gasteiger partial charge < -0.3 is 10.2 Å². The Morgan fingerprint density at radius 1 is 1.31 bits per heavy atom. The molecule has 2 rings (SSSR count). The molecular weight excluding hydrogens is 376 g/mol. The summed E-state index contributed by atoms with van der Waals surface area (Å²) in [6.45, 7) is 4.85. The van der Waals surface area contributed by atoms with Crippen molar-refractivity contribution in [2.24, 2.45) is 10.1 Å². The smallest absolute Gasteiger partial charge is 0.238 e. The first-order chi connectivity index (χ1) is 12.0. The highest BCUT2D eigenvalue weighted by Gasteiger charge is 2.40. The van der Waals surface area contributed by atoms with Crippen molar-refractivity contribution in [3.05, 3.63) is 29.8 Å². The van der Waals surface area contributed by atoms with Crippen LogP contribution in [-0.2, 0) is 26.3 Å². The Labute approximate surface area is 155 Å². The number of benzene rings is 1. The van der Waals surface area contributed by atoms with E-state index in [1.807, 2.05) is 4.90 Å². The Morgan fingerprint density at radius 3 is 2.42 bits per heavy atom. The fraction of sp³-hybridized carbons (Fsp3) is 0.562. The van der Waals surface area contributed by atoms with Crippen molar-refractivity contribution < 1.29 is 16.8 Å². The zero-order chi connectivity index (χ0) is 19.6. The third kappa shape index (κ3) is 4.74. The van der Waals surface area contributed by atoms with E-state index in [1.54, 1.807) is 33.0 Å². The minimum Gasteiger partial charge on any atom is -0.356 e. The third-order valence-electron chi connectivity index (χ3n) is 4.50. The predicted octanol–water partition coefficient (Wildman–Crippen LogP) is -0.0391. The normalized spacial score (nSPS) is 20.0. The highest BCUT2D eigenvalue weighted by atomic mass is 32.2. The number of aliphatic imine (C=N–C) groups is 1. The second-order valence-corrected chi connectivity index (χ2v) is 11.2. The van der Waals surface area contributed by atoms with Crippen LogP contribution in [0.5, 0.6) is 0 Å². The summed E-state index contributed by atoms with van der Waals surface area (Å²) in [4.78, 5) is 6.28. The quantitative estimate of drug-likeness (QED) is 0.538. The van der Waals surface area contributed by atoms with E-state index >= 15 is 0 Å². The molecule has 1 aliphatic heterocycles. The molecule has 1 aromatic carbocycles. The molecule has 1 saturated heterocycles. The molecule has 0 radical (unpaired) electrons. The van der Waals surface area contributed by atoms with Gasteiger partial charge in [-0.05, 0) is 38.0 Å². The number of hydrogen-bond donors (Lipinski definition) is 2. The van der Waals surface area contributed by atoms with Crippen molar-refractivity contribution in [1.82, 2.24) is 10.2 Å². The van der Waals surface area contributed by atoms with Crippen LogP contribution in [0, 0.1) is 0 Å². The number of sulfone groups is 1. The van der Waals surface area contributed by atoms with Crippen LogP contribution in [-0.4, -0.2) is 64.9 Å². The van der Waals surface area contributed by atoms with Crippen LogP contribution in [0.4, 0.5) is 0 Å². The average molecular weight is 403 g/mol. The van der Waals surface area contributed by atoms with E-state index in [0.29, 0.717) is 32.0 Å². The van der Waals surface area contributed by atoms with Crippen molar-refractivity contribution in [1.29, 1.82) is 0 Å². The molecule has 0 saturated carbocycles. The third-order valence-corrected chi connectivity index (χ3v) is 7.97. The van der Waals surface area contributed by atoms with E-state index in [-0.39, 0.29) is 10.6 Å². The van der Waals surface area contributed by atoms with Crippen LogP contribution < -0.4 is 10.5 Å². The van der Waals surface area contributed by atoms with Crippen molar-refractivity contribution in [3.8, 4) is 0 Å². The first-order valence-electron chi connectivity index (χ1n) is 8.26. The lowest BCUT2D eigenvalue weighted by Gasteiger charge is -2.39. The Hall–Kier alpha value is -1.65. The number of primary sulfonamides is 1. The molecule has 0 bridgehead atoms. The SMILES string of the molecule is CN=C(NCCc1ccc(S(N)(=O)=O)cc1)N1CCS(=O)(=O)C(C)(C)C1. The maximum Gasteiger partial charge on any atom is 0.238 e. The van der Waals surface area contributed by atoms with Crippen LogP contribution in [0.2, 0.25) is 0 Å².